The van der Waals surface area contributed by atoms with Gasteiger partial charge in [0.2, 0.25) is 0 Å². The maximum Gasteiger partial charge on any atom is 0.0547 e. The number of para-hydroxylation sites is 1. The third-order valence-electron chi connectivity index (χ3n) is 9.74. The Morgan fingerprint density at radius 3 is 1.88 bits per heavy atom. The molecule has 3 heteroatoms. The van der Waals surface area contributed by atoms with E-state index in [1.165, 1.54) is 63.9 Å². The van der Waals surface area contributed by atoms with E-state index in [9.17, 15) is 0 Å². The molecule has 10 aromatic rings. The molecule has 0 unspecified atom stereocenters. The molecule has 0 atom stereocenters. The fraction of sp³-hybridized carbons (Fsp3) is 0. The van der Waals surface area contributed by atoms with Crippen LogP contribution in [-0.4, -0.2) is 4.57 Å². The van der Waals surface area contributed by atoms with Crippen LogP contribution in [0, 0.1) is 0 Å². The van der Waals surface area contributed by atoms with Crippen LogP contribution in [0.15, 0.2) is 182 Å². The second kappa shape index (κ2) is 11.2. The summed E-state index contributed by atoms with van der Waals surface area (Å²) in [5.74, 6) is 0. The number of thiophene rings is 1. The Morgan fingerprint density at radius 2 is 1.02 bits per heavy atom. The van der Waals surface area contributed by atoms with Crippen molar-refractivity contribution in [1.29, 1.82) is 0 Å². The third kappa shape index (κ3) is 4.62. The lowest BCUT2D eigenvalue weighted by Crippen LogP contribution is -2.10. The quantitative estimate of drug-likeness (QED) is 0.181. The highest BCUT2D eigenvalue weighted by atomic mass is 32.1. The number of nitrogens with zero attached hydrogens (tertiary/aromatic N) is 2. The van der Waals surface area contributed by atoms with E-state index in [0.29, 0.717) is 0 Å². The molecule has 2 nitrogen and oxygen atoms in total. The van der Waals surface area contributed by atoms with Crippen LogP contribution >= 0.6 is 11.3 Å². The molecule has 10 rings (SSSR count). The molecule has 0 spiro atoms. The molecular weight excluding hydrogens is 613 g/mol. The van der Waals surface area contributed by atoms with E-state index in [4.69, 9.17) is 0 Å². The second-order valence-corrected chi connectivity index (χ2v) is 13.7. The van der Waals surface area contributed by atoms with Crippen LogP contribution in [0.1, 0.15) is 0 Å². The summed E-state index contributed by atoms with van der Waals surface area (Å²) in [7, 11) is 0. The summed E-state index contributed by atoms with van der Waals surface area (Å²) in [4.78, 5) is 2.39. The number of benzene rings is 8. The molecule has 0 saturated heterocycles. The molecule has 2 heterocycles. The van der Waals surface area contributed by atoms with E-state index in [-0.39, 0.29) is 0 Å². The Kier molecular flexibility index (Phi) is 6.39. The normalized spacial score (nSPS) is 11.7. The monoisotopic (exact) mass is 642 g/mol. The minimum atomic E-state index is 1.11. The van der Waals surface area contributed by atoms with Crippen molar-refractivity contribution in [2.24, 2.45) is 0 Å². The smallest absolute Gasteiger partial charge is 0.0547 e. The zero-order chi connectivity index (χ0) is 32.3. The van der Waals surface area contributed by atoms with Gasteiger partial charge in [-0.15, -0.1) is 11.3 Å². The van der Waals surface area contributed by atoms with Crippen molar-refractivity contribution < 1.29 is 0 Å². The van der Waals surface area contributed by atoms with E-state index in [2.05, 4.69) is 191 Å². The van der Waals surface area contributed by atoms with Crippen molar-refractivity contribution in [2.75, 3.05) is 4.90 Å². The fourth-order valence-corrected chi connectivity index (χ4v) is 8.58. The summed E-state index contributed by atoms with van der Waals surface area (Å²) >= 11 is 1.86. The maximum absolute atomic E-state index is 2.41. The standard InChI is InChI=1S/C46H30N2S/c1-2-11-31(12-3-1)32-15-10-16-37(27-32)47(38-25-26-41-40-18-7-9-20-45(40)49-46(41)30-38)35-21-23-36(24-22-35)48-43-19-8-6-17-39(43)42-28-33-13-4-5-14-34(33)29-44(42)48/h1-30H. The first-order valence-corrected chi connectivity index (χ1v) is 17.5. The minimum Gasteiger partial charge on any atom is -0.310 e. The number of anilines is 3. The molecule has 0 N–H and O–H groups in total. The first-order valence-electron chi connectivity index (χ1n) is 16.7. The molecule has 230 valence electrons. The summed E-state index contributed by atoms with van der Waals surface area (Å²) in [5, 5.41) is 7.67. The van der Waals surface area contributed by atoms with Crippen molar-refractivity contribution in [3.8, 4) is 16.8 Å². The zero-order valence-electron chi connectivity index (χ0n) is 26.6. The van der Waals surface area contributed by atoms with Crippen molar-refractivity contribution >= 4 is 81.1 Å². The van der Waals surface area contributed by atoms with E-state index in [1.54, 1.807) is 0 Å². The Balaban J connectivity index is 1.15. The highest BCUT2D eigenvalue weighted by Crippen LogP contribution is 2.42. The predicted molar refractivity (Wildman–Crippen MR) is 211 cm³/mol. The largest absolute Gasteiger partial charge is 0.310 e. The SMILES string of the molecule is c1ccc(-c2cccc(N(c3ccc(-n4c5ccccc5c5cc6ccccc6cc54)cc3)c3ccc4c(c3)sc3ccccc34)c2)cc1. The molecule has 0 aliphatic carbocycles. The lowest BCUT2D eigenvalue weighted by Gasteiger charge is -2.26. The fourth-order valence-electron chi connectivity index (χ4n) is 7.44. The molecule has 0 radical (unpaired) electrons. The van der Waals surface area contributed by atoms with Crippen molar-refractivity contribution in [2.45, 2.75) is 0 Å². The summed E-state index contributed by atoms with van der Waals surface area (Å²) in [5.41, 5.74) is 9.35. The molecule has 2 aromatic heterocycles. The van der Waals surface area contributed by atoms with Gasteiger partial charge in [-0.05, 0) is 94.7 Å². The van der Waals surface area contributed by atoms with Gasteiger partial charge in [-0.25, -0.2) is 0 Å². The highest BCUT2D eigenvalue weighted by molar-refractivity contribution is 7.25. The number of hydrogen-bond donors (Lipinski definition) is 0. The number of fused-ring (bicyclic) bond motifs is 7. The molecule has 8 aromatic carbocycles. The molecular formula is C46H30N2S. The van der Waals surface area contributed by atoms with Gasteiger partial charge in [-0.3, -0.25) is 0 Å². The van der Waals surface area contributed by atoms with E-state index in [1.807, 2.05) is 11.3 Å². The van der Waals surface area contributed by atoms with Crippen LogP contribution in [-0.2, 0) is 0 Å². The number of rotatable bonds is 5. The Labute approximate surface area is 288 Å². The Hall–Kier alpha value is -6.16. The van der Waals surface area contributed by atoms with Gasteiger partial charge in [0.15, 0.2) is 0 Å². The average Bonchev–Trinajstić information content (AvgIpc) is 3.70. The number of aromatic nitrogens is 1. The van der Waals surface area contributed by atoms with Gasteiger partial charge in [0, 0.05) is 53.7 Å². The van der Waals surface area contributed by atoms with E-state index < -0.39 is 0 Å². The van der Waals surface area contributed by atoms with Gasteiger partial charge in [-0.1, -0.05) is 109 Å². The van der Waals surface area contributed by atoms with E-state index >= 15 is 0 Å². The van der Waals surface area contributed by atoms with Crippen LogP contribution in [0.5, 0.6) is 0 Å². The van der Waals surface area contributed by atoms with Crippen LogP contribution in [0.4, 0.5) is 17.1 Å². The van der Waals surface area contributed by atoms with Gasteiger partial charge in [0.25, 0.3) is 0 Å². The molecule has 0 aliphatic heterocycles. The zero-order valence-corrected chi connectivity index (χ0v) is 27.4. The summed E-state index contributed by atoms with van der Waals surface area (Å²) in [6.07, 6.45) is 0. The van der Waals surface area contributed by atoms with Gasteiger partial charge in [-0.2, -0.15) is 0 Å². The maximum atomic E-state index is 2.41. The van der Waals surface area contributed by atoms with E-state index in [0.717, 1.165) is 22.7 Å². The van der Waals surface area contributed by atoms with Crippen LogP contribution < -0.4 is 4.90 Å². The lowest BCUT2D eigenvalue weighted by atomic mass is 10.0. The van der Waals surface area contributed by atoms with Gasteiger partial charge in [0.1, 0.15) is 0 Å². The topological polar surface area (TPSA) is 8.17 Å². The van der Waals surface area contributed by atoms with Gasteiger partial charge in [0.05, 0.1) is 11.0 Å². The second-order valence-electron chi connectivity index (χ2n) is 12.6. The van der Waals surface area contributed by atoms with Crippen LogP contribution in [0.3, 0.4) is 0 Å². The summed E-state index contributed by atoms with van der Waals surface area (Å²) < 4.78 is 5.01. The van der Waals surface area contributed by atoms with Crippen molar-refractivity contribution in [1.82, 2.24) is 4.57 Å². The first kappa shape index (κ1) is 27.9. The highest BCUT2D eigenvalue weighted by Gasteiger charge is 2.18. The lowest BCUT2D eigenvalue weighted by molar-refractivity contribution is 1.17. The summed E-state index contributed by atoms with van der Waals surface area (Å²) in [6.45, 7) is 0. The molecule has 0 saturated carbocycles. The summed E-state index contributed by atoms with van der Waals surface area (Å²) in [6, 6.07) is 66.2. The number of hydrogen-bond acceptors (Lipinski definition) is 2. The molecule has 0 bridgehead atoms. The Morgan fingerprint density at radius 1 is 0.367 bits per heavy atom. The Bertz CT molecular complexity index is 2830. The first-order chi connectivity index (χ1) is 24.3. The van der Waals surface area contributed by atoms with Gasteiger partial charge >= 0.3 is 0 Å². The van der Waals surface area contributed by atoms with Crippen LogP contribution in [0.25, 0.3) is 69.6 Å². The molecule has 0 amide bonds. The third-order valence-corrected chi connectivity index (χ3v) is 10.9. The molecule has 0 aliphatic rings. The average molecular weight is 643 g/mol. The molecule has 49 heavy (non-hydrogen) atoms. The molecule has 0 fully saturated rings. The van der Waals surface area contributed by atoms with Crippen molar-refractivity contribution in [3.05, 3.63) is 182 Å². The van der Waals surface area contributed by atoms with Gasteiger partial charge < -0.3 is 9.47 Å². The minimum absolute atomic E-state index is 1.11. The predicted octanol–water partition coefficient (Wildman–Crippen LogP) is 13.4. The van der Waals surface area contributed by atoms with Crippen LogP contribution in [0.2, 0.25) is 0 Å². The van der Waals surface area contributed by atoms with Crippen molar-refractivity contribution in [3.63, 3.8) is 0 Å².